The highest BCUT2D eigenvalue weighted by atomic mass is 79.9. The molecule has 7 heteroatoms. The summed E-state index contributed by atoms with van der Waals surface area (Å²) in [5, 5.41) is 3.74. The van der Waals surface area contributed by atoms with Gasteiger partial charge in [-0.25, -0.2) is 0 Å². The molecule has 0 saturated heterocycles. The molecule has 33 heavy (non-hydrogen) atoms. The van der Waals surface area contributed by atoms with Crippen LogP contribution in [0.2, 0.25) is 10.0 Å². The van der Waals surface area contributed by atoms with Crippen LogP contribution in [0.1, 0.15) is 23.6 Å². The first-order chi connectivity index (χ1) is 15.9. The average Bonchev–Trinajstić information content (AvgIpc) is 2.79. The molecule has 2 amide bonds. The van der Waals surface area contributed by atoms with Crippen molar-refractivity contribution < 1.29 is 9.59 Å². The molecule has 1 atom stereocenters. The first-order valence-corrected chi connectivity index (χ1v) is 12.2. The van der Waals surface area contributed by atoms with Crippen LogP contribution >= 0.6 is 39.1 Å². The Morgan fingerprint density at radius 1 is 0.939 bits per heavy atom. The van der Waals surface area contributed by atoms with Crippen molar-refractivity contribution in [3.8, 4) is 0 Å². The lowest BCUT2D eigenvalue weighted by Crippen LogP contribution is -2.51. The van der Waals surface area contributed by atoms with Gasteiger partial charge < -0.3 is 10.2 Å². The maximum atomic E-state index is 13.7. The minimum atomic E-state index is -0.694. The Balaban J connectivity index is 1.99. The average molecular weight is 548 g/mol. The van der Waals surface area contributed by atoms with Crippen molar-refractivity contribution in [2.75, 3.05) is 6.54 Å². The number of carbonyl (C=O) groups excluding carboxylic acids is 2. The number of carbonyl (C=O) groups is 2. The van der Waals surface area contributed by atoms with Gasteiger partial charge in [0.2, 0.25) is 11.8 Å². The number of halogens is 3. The normalized spacial score (nSPS) is 11.6. The van der Waals surface area contributed by atoms with E-state index in [-0.39, 0.29) is 24.8 Å². The van der Waals surface area contributed by atoms with Gasteiger partial charge in [-0.2, -0.15) is 0 Å². The van der Waals surface area contributed by atoms with Crippen LogP contribution in [-0.2, 0) is 29.0 Å². The summed E-state index contributed by atoms with van der Waals surface area (Å²) >= 11 is 16.2. The lowest BCUT2D eigenvalue weighted by molar-refractivity contribution is -0.140. The van der Waals surface area contributed by atoms with E-state index in [0.29, 0.717) is 28.6 Å². The molecule has 0 unspecified atom stereocenters. The highest BCUT2D eigenvalue weighted by Gasteiger charge is 2.30. The molecule has 0 aromatic heterocycles. The number of hydrogen-bond acceptors (Lipinski definition) is 2. The molecule has 0 aliphatic heterocycles. The molecule has 3 aromatic carbocycles. The molecular formula is C26H25BrCl2N2O2. The molecule has 0 fully saturated rings. The van der Waals surface area contributed by atoms with Crippen LogP contribution in [0.25, 0.3) is 0 Å². The number of rotatable bonds is 9. The van der Waals surface area contributed by atoms with E-state index in [0.717, 1.165) is 15.6 Å². The van der Waals surface area contributed by atoms with Crippen LogP contribution in [0.3, 0.4) is 0 Å². The SMILES string of the molecule is CCNC(=O)[C@@H](Cc1ccccc1)N(Cc1cccc(Br)c1)C(=O)Cc1c(Cl)cccc1Cl. The first kappa shape index (κ1) is 25.3. The van der Waals surface area contributed by atoms with Crippen molar-refractivity contribution >= 4 is 50.9 Å². The number of nitrogens with zero attached hydrogens (tertiary/aromatic N) is 1. The van der Waals surface area contributed by atoms with E-state index in [1.54, 1.807) is 23.1 Å². The van der Waals surface area contributed by atoms with Gasteiger partial charge in [-0.1, -0.05) is 87.7 Å². The number of benzene rings is 3. The summed E-state index contributed by atoms with van der Waals surface area (Å²) in [6.07, 6.45) is 0.389. The zero-order valence-electron chi connectivity index (χ0n) is 18.2. The molecular weight excluding hydrogens is 523 g/mol. The largest absolute Gasteiger partial charge is 0.355 e. The van der Waals surface area contributed by atoms with Crippen molar-refractivity contribution in [3.05, 3.63) is 104 Å². The topological polar surface area (TPSA) is 49.4 Å². The summed E-state index contributed by atoms with van der Waals surface area (Å²) in [4.78, 5) is 28.5. The molecule has 0 aliphatic rings. The number of amides is 2. The fraction of sp³-hybridized carbons (Fsp3) is 0.231. The molecule has 0 heterocycles. The molecule has 0 bridgehead atoms. The van der Waals surface area contributed by atoms with Crippen molar-refractivity contribution in [1.82, 2.24) is 10.2 Å². The fourth-order valence-corrected chi connectivity index (χ4v) is 4.61. The molecule has 1 N–H and O–H groups in total. The van der Waals surface area contributed by atoms with Crippen LogP contribution in [0.15, 0.2) is 77.3 Å². The lowest BCUT2D eigenvalue weighted by Gasteiger charge is -2.32. The van der Waals surface area contributed by atoms with Crippen molar-refractivity contribution in [2.24, 2.45) is 0 Å². The zero-order chi connectivity index (χ0) is 23.8. The zero-order valence-corrected chi connectivity index (χ0v) is 21.3. The second-order valence-corrected chi connectivity index (χ2v) is 9.36. The fourth-order valence-electron chi connectivity index (χ4n) is 3.63. The highest BCUT2D eigenvalue weighted by molar-refractivity contribution is 9.10. The molecule has 0 radical (unpaired) electrons. The Labute approximate surface area is 213 Å². The summed E-state index contributed by atoms with van der Waals surface area (Å²) in [5.41, 5.74) is 2.43. The Bertz CT molecular complexity index is 1090. The third-order valence-electron chi connectivity index (χ3n) is 5.25. The summed E-state index contributed by atoms with van der Waals surface area (Å²) in [6, 6.07) is 21.9. The van der Waals surface area contributed by atoms with Crippen LogP contribution in [0, 0.1) is 0 Å². The van der Waals surface area contributed by atoms with E-state index in [1.165, 1.54) is 0 Å². The molecule has 172 valence electrons. The van der Waals surface area contributed by atoms with Gasteiger partial charge in [0, 0.05) is 34.0 Å². The van der Waals surface area contributed by atoms with E-state index in [9.17, 15) is 9.59 Å². The number of hydrogen-bond donors (Lipinski definition) is 1. The van der Waals surface area contributed by atoms with Gasteiger partial charge in [0.05, 0.1) is 6.42 Å². The summed E-state index contributed by atoms with van der Waals surface area (Å²) in [6.45, 7) is 2.61. The van der Waals surface area contributed by atoms with Gasteiger partial charge in [-0.3, -0.25) is 9.59 Å². The van der Waals surface area contributed by atoms with E-state index in [1.807, 2.05) is 61.5 Å². The Morgan fingerprint density at radius 3 is 2.21 bits per heavy atom. The van der Waals surface area contributed by atoms with Crippen LogP contribution in [0.4, 0.5) is 0 Å². The van der Waals surface area contributed by atoms with Crippen LogP contribution in [0.5, 0.6) is 0 Å². The molecule has 0 saturated carbocycles. The van der Waals surface area contributed by atoms with Gasteiger partial charge in [-0.15, -0.1) is 0 Å². The monoisotopic (exact) mass is 546 g/mol. The smallest absolute Gasteiger partial charge is 0.243 e. The molecule has 4 nitrogen and oxygen atoms in total. The predicted octanol–water partition coefficient (Wildman–Crippen LogP) is 6.07. The molecule has 3 rings (SSSR count). The van der Waals surface area contributed by atoms with E-state index < -0.39 is 6.04 Å². The highest BCUT2D eigenvalue weighted by Crippen LogP contribution is 2.26. The molecule has 0 spiro atoms. The van der Waals surface area contributed by atoms with Crippen LogP contribution < -0.4 is 5.32 Å². The first-order valence-electron chi connectivity index (χ1n) is 10.7. The number of likely N-dealkylation sites (N-methyl/N-ethyl adjacent to an activating group) is 1. The van der Waals surface area contributed by atoms with E-state index in [2.05, 4.69) is 21.2 Å². The minimum Gasteiger partial charge on any atom is -0.355 e. The van der Waals surface area contributed by atoms with Crippen molar-refractivity contribution in [1.29, 1.82) is 0 Å². The lowest BCUT2D eigenvalue weighted by atomic mass is 10.0. The minimum absolute atomic E-state index is 0.00277. The second-order valence-electron chi connectivity index (χ2n) is 7.63. The Morgan fingerprint density at radius 2 is 1.58 bits per heavy atom. The summed E-state index contributed by atoms with van der Waals surface area (Å²) < 4.78 is 0.902. The molecule has 0 aliphatic carbocycles. The standard InChI is InChI=1S/C26H25BrCl2N2O2/c1-2-30-26(33)24(15-18-8-4-3-5-9-18)31(17-19-10-6-11-20(27)14-19)25(32)16-21-22(28)12-7-13-23(21)29/h3-14,24H,2,15-17H2,1H3,(H,30,33)/t24-/m1/s1. The van der Waals surface area contributed by atoms with E-state index in [4.69, 9.17) is 23.2 Å². The third kappa shape index (κ3) is 7.07. The van der Waals surface area contributed by atoms with Gasteiger partial charge in [0.25, 0.3) is 0 Å². The molecule has 3 aromatic rings. The number of nitrogens with one attached hydrogen (secondary N) is 1. The summed E-state index contributed by atoms with van der Waals surface area (Å²) in [7, 11) is 0. The second kappa shape index (κ2) is 12.2. The van der Waals surface area contributed by atoms with Crippen LogP contribution in [-0.4, -0.2) is 29.3 Å². The maximum absolute atomic E-state index is 13.7. The van der Waals surface area contributed by atoms with Gasteiger partial charge in [0.1, 0.15) is 6.04 Å². The Hall–Kier alpha value is -2.34. The van der Waals surface area contributed by atoms with Gasteiger partial charge in [-0.05, 0) is 47.9 Å². The quantitative estimate of drug-likeness (QED) is 0.353. The van der Waals surface area contributed by atoms with Crippen molar-refractivity contribution in [2.45, 2.75) is 32.4 Å². The maximum Gasteiger partial charge on any atom is 0.243 e. The van der Waals surface area contributed by atoms with Gasteiger partial charge >= 0.3 is 0 Å². The predicted molar refractivity (Wildman–Crippen MR) is 137 cm³/mol. The summed E-state index contributed by atoms with van der Waals surface area (Å²) in [5.74, 6) is -0.424. The van der Waals surface area contributed by atoms with Gasteiger partial charge in [0.15, 0.2) is 0 Å². The third-order valence-corrected chi connectivity index (χ3v) is 6.46. The Kier molecular flexibility index (Phi) is 9.36. The van der Waals surface area contributed by atoms with Crippen molar-refractivity contribution in [3.63, 3.8) is 0 Å². The van der Waals surface area contributed by atoms with E-state index >= 15 is 0 Å².